The van der Waals surface area contributed by atoms with Gasteiger partial charge in [-0.3, -0.25) is 4.79 Å². The Kier molecular flexibility index (Phi) is 4.53. The van der Waals surface area contributed by atoms with E-state index < -0.39 is 9.84 Å². The second-order valence-corrected chi connectivity index (χ2v) is 8.42. The Hall–Kier alpha value is -0.890. The number of anilines is 1. The van der Waals surface area contributed by atoms with Gasteiger partial charge in [0.2, 0.25) is 0 Å². The lowest BCUT2D eigenvalue weighted by atomic mass is 10.3. The van der Waals surface area contributed by atoms with Crippen molar-refractivity contribution in [1.82, 2.24) is 9.78 Å². The molecule has 1 aromatic rings. The summed E-state index contributed by atoms with van der Waals surface area (Å²) in [5, 5.41) is 7.13. The molecule has 1 aliphatic carbocycles. The molecule has 1 fully saturated rings. The normalized spacial score (nSPS) is 16.9. The van der Waals surface area contributed by atoms with Gasteiger partial charge in [0.1, 0.15) is 14.3 Å². The third kappa shape index (κ3) is 4.31. The van der Waals surface area contributed by atoms with Gasteiger partial charge >= 0.3 is 0 Å². The van der Waals surface area contributed by atoms with Crippen LogP contribution >= 0.6 is 15.9 Å². The predicted octanol–water partition coefficient (Wildman–Crippen LogP) is 1.26. The molecule has 0 saturated heterocycles. The van der Waals surface area contributed by atoms with Crippen LogP contribution in [-0.4, -0.2) is 36.2 Å². The van der Waals surface area contributed by atoms with Crippen molar-refractivity contribution in [1.29, 1.82) is 0 Å². The summed E-state index contributed by atoms with van der Waals surface area (Å²) in [6.45, 7) is 2.40. The third-order valence-corrected chi connectivity index (χ3v) is 4.94. The standard InChI is InChI=1S/C12H18BrN3O3S/c1-8(7-20(2,18)19)15-10-5-14-16(6-9-3-4-9)12(17)11(10)13/h5,8-9,15H,3-4,6-7H2,1-2H3. The molecule has 2 rings (SSSR count). The van der Waals surface area contributed by atoms with Crippen LogP contribution < -0.4 is 10.9 Å². The Morgan fingerprint density at radius 3 is 2.75 bits per heavy atom. The van der Waals surface area contributed by atoms with Crippen LogP contribution in [0.25, 0.3) is 0 Å². The fourth-order valence-corrected chi connectivity index (χ4v) is 3.42. The first kappa shape index (κ1) is 15.5. The predicted molar refractivity (Wildman–Crippen MR) is 81.7 cm³/mol. The third-order valence-electron chi connectivity index (χ3n) is 3.07. The largest absolute Gasteiger partial charge is 0.379 e. The summed E-state index contributed by atoms with van der Waals surface area (Å²) >= 11 is 3.26. The highest BCUT2D eigenvalue weighted by Gasteiger charge is 2.23. The zero-order chi connectivity index (χ0) is 14.9. The molecule has 1 atom stereocenters. The quantitative estimate of drug-likeness (QED) is 0.822. The van der Waals surface area contributed by atoms with Crippen molar-refractivity contribution in [3.8, 4) is 0 Å². The van der Waals surface area contributed by atoms with Crippen molar-refractivity contribution in [2.75, 3.05) is 17.3 Å². The van der Waals surface area contributed by atoms with E-state index in [9.17, 15) is 13.2 Å². The molecule has 0 aliphatic heterocycles. The minimum absolute atomic E-state index is 0.00456. The smallest absolute Gasteiger partial charge is 0.283 e. The summed E-state index contributed by atoms with van der Waals surface area (Å²) in [4.78, 5) is 12.1. The van der Waals surface area contributed by atoms with E-state index in [1.807, 2.05) is 0 Å². The number of halogens is 1. The van der Waals surface area contributed by atoms with Crippen LogP contribution in [-0.2, 0) is 16.4 Å². The van der Waals surface area contributed by atoms with Crippen LogP contribution in [0.1, 0.15) is 19.8 Å². The first-order chi connectivity index (χ1) is 9.26. The monoisotopic (exact) mass is 363 g/mol. The molecular formula is C12H18BrN3O3S. The summed E-state index contributed by atoms with van der Waals surface area (Å²) < 4.78 is 24.3. The van der Waals surface area contributed by atoms with Crippen LogP contribution in [0.3, 0.4) is 0 Å². The van der Waals surface area contributed by atoms with Crippen LogP contribution in [0.15, 0.2) is 15.5 Å². The number of sulfone groups is 1. The molecule has 0 spiro atoms. The van der Waals surface area contributed by atoms with Gasteiger partial charge in [0.05, 0.1) is 17.6 Å². The van der Waals surface area contributed by atoms with Gasteiger partial charge < -0.3 is 5.32 Å². The van der Waals surface area contributed by atoms with Gasteiger partial charge in [-0.25, -0.2) is 13.1 Å². The summed E-state index contributed by atoms with van der Waals surface area (Å²) in [5.41, 5.74) is 0.339. The fourth-order valence-electron chi connectivity index (χ4n) is 2.00. The Balaban J connectivity index is 2.12. The number of nitrogens with one attached hydrogen (secondary N) is 1. The van der Waals surface area contributed by atoms with E-state index >= 15 is 0 Å². The second-order valence-electron chi connectivity index (χ2n) is 5.44. The maximum atomic E-state index is 12.1. The molecule has 20 heavy (non-hydrogen) atoms. The Bertz CT molecular complexity index is 652. The summed E-state index contributed by atoms with van der Waals surface area (Å²) in [6, 6.07) is -0.290. The lowest BCUT2D eigenvalue weighted by Gasteiger charge is -2.15. The molecule has 1 N–H and O–H groups in total. The lowest BCUT2D eigenvalue weighted by Crippen LogP contribution is -2.29. The molecule has 0 amide bonds. The average molecular weight is 364 g/mol. The summed E-state index contributed by atoms with van der Waals surface area (Å²) in [5.74, 6) is 0.569. The molecule has 0 radical (unpaired) electrons. The van der Waals surface area contributed by atoms with Crippen molar-refractivity contribution >= 4 is 31.5 Å². The van der Waals surface area contributed by atoms with Gasteiger partial charge in [-0.15, -0.1) is 0 Å². The molecule has 0 aromatic carbocycles. The number of aromatic nitrogens is 2. The number of rotatable bonds is 6. The SMILES string of the molecule is CC(CS(C)(=O)=O)Nc1cnn(CC2CC2)c(=O)c1Br. The maximum Gasteiger partial charge on any atom is 0.283 e. The van der Waals surface area contributed by atoms with Crippen molar-refractivity contribution in [3.05, 3.63) is 21.0 Å². The molecule has 1 heterocycles. The molecule has 1 unspecified atom stereocenters. The average Bonchev–Trinajstić information content (AvgIpc) is 3.10. The second kappa shape index (κ2) is 5.85. The van der Waals surface area contributed by atoms with E-state index in [4.69, 9.17) is 0 Å². The topological polar surface area (TPSA) is 81.1 Å². The van der Waals surface area contributed by atoms with Gasteiger partial charge in [-0.05, 0) is 41.6 Å². The fraction of sp³-hybridized carbons (Fsp3) is 0.667. The van der Waals surface area contributed by atoms with Crippen LogP contribution in [0.5, 0.6) is 0 Å². The van der Waals surface area contributed by atoms with Gasteiger partial charge in [-0.2, -0.15) is 5.10 Å². The van der Waals surface area contributed by atoms with Crippen molar-refractivity contribution < 1.29 is 8.42 Å². The molecule has 1 aliphatic rings. The van der Waals surface area contributed by atoms with E-state index in [1.54, 1.807) is 13.1 Å². The number of hydrogen-bond donors (Lipinski definition) is 1. The molecule has 1 saturated carbocycles. The molecule has 112 valence electrons. The minimum Gasteiger partial charge on any atom is -0.379 e. The van der Waals surface area contributed by atoms with Crippen LogP contribution in [0.2, 0.25) is 0 Å². The van der Waals surface area contributed by atoms with E-state index in [0.717, 1.165) is 12.8 Å². The molecule has 8 heteroatoms. The van der Waals surface area contributed by atoms with Gasteiger partial charge in [0.25, 0.3) is 5.56 Å². The van der Waals surface area contributed by atoms with Gasteiger partial charge in [-0.1, -0.05) is 0 Å². The molecular weight excluding hydrogens is 346 g/mol. The molecule has 1 aromatic heterocycles. The zero-order valence-electron chi connectivity index (χ0n) is 11.5. The highest BCUT2D eigenvalue weighted by atomic mass is 79.9. The maximum absolute atomic E-state index is 12.1. The van der Waals surface area contributed by atoms with Crippen LogP contribution in [0.4, 0.5) is 5.69 Å². The van der Waals surface area contributed by atoms with E-state index in [1.165, 1.54) is 10.9 Å². The van der Waals surface area contributed by atoms with Crippen LogP contribution in [0, 0.1) is 5.92 Å². The Morgan fingerprint density at radius 1 is 1.55 bits per heavy atom. The Labute approximate surface area is 126 Å². The molecule has 6 nitrogen and oxygen atoms in total. The highest BCUT2D eigenvalue weighted by Crippen LogP contribution is 2.30. The molecule has 0 bridgehead atoms. The van der Waals surface area contributed by atoms with Gasteiger partial charge in [0, 0.05) is 18.8 Å². The van der Waals surface area contributed by atoms with Crippen molar-refractivity contribution in [2.45, 2.75) is 32.4 Å². The van der Waals surface area contributed by atoms with E-state index in [0.29, 0.717) is 22.6 Å². The Morgan fingerprint density at radius 2 is 2.20 bits per heavy atom. The minimum atomic E-state index is -3.06. The van der Waals surface area contributed by atoms with Crippen molar-refractivity contribution in [3.63, 3.8) is 0 Å². The summed E-state index contributed by atoms with van der Waals surface area (Å²) in [6.07, 6.45) is 5.05. The first-order valence-electron chi connectivity index (χ1n) is 6.46. The van der Waals surface area contributed by atoms with Crippen molar-refractivity contribution in [2.24, 2.45) is 5.92 Å². The number of hydrogen-bond acceptors (Lipinski definition) is 5. The first-order valence-corrected chi connectivity index (χ1v) is 9.31. The lowest BCUT2D eigenvalue weighted by molar-refractivity contribution is 0.531. The van der Waals surface area contributed by atoms with E-state index in [-0.39, 0.29) is 17.4 Å². The van der Waals surface area contributed by atoms with Gasteiger partial charge in [0.15, 0.2) is 0 Å². The number of nitrogens with zero attached hydrogens (tertiary/aromatic N) is 2. The highest BCUT2D eigenvalue weighted by molar-refractivity contribution is 9.10. The summed E-state index contributed by atoms with van der Waals surface area (Å²) in [7, 11) is -3.06. The van der Waals surface area contributed by atoms with E-state index in [2.05, 4.69) is 26.3 Å². The zero-order valence-corrected chi connectivity index (χ0v) is 13.9.